The molecule has 2 aromatic carbocycles. The lowest BCUT2D eigenvalue weighted by Crippen LogP contribution is -1.93. The third-order valence-corrected chi connectivity index (χ3v) is 2.99. The topological polar surface area (TPSA) is 29.5 Å². The molecule has 18 heavy (non-hydrogen) atoms. The van der Waals surface area contributed by atoms with Crippen molar-refractivity contribution < 1.29 is 9.84 Å². The summed E-state index contributed by atoms with van der Waals surface area (Å²) in [5.41, 5.74) is 4.63. The van der Waals surface area contributed by atoms with Crippen molar-refractivity contribution in [1.29, 1.82) is 0 Å². The standard InChI is InChI=1S/C16H18O2/c1-12-3-5-14(6-4-12)15-9-13(7-8-17)10-16(11-15)18-2/h3-6,9-11,17H,7-8H2,1-2H3. The van der Waals surface area contributed by atoms with E-state index in [1.165, 1.54) is 11.1 Å². The Morgan fingerprint density at radius 1 is 1.00 bits per heavy atom. The summed E-state index contributed by atoms with van der Waals surface area (Å²) in [6.07, 6.45) is 0.649. The number of ether oxygens (including phenoxy) is 1. The van der Waals surface area contributed by atoms with Crippen LogP contribution in [0.5, 0.6) is 5.75 Å². The molecule has 0 aromatic heterocycles. The Bertz CT molecular complexity index is 515. The zero-order valence-corrected chi connectivity index (χ0v) is 10.8. The van der Waals surface area contributed by atoms with Gasteiger partial charge in [0.2, 0.25) is 0 Å². The predicted molar refractivity (Wildman–Crippen MR) is 74.0 cm³/mol. The fourth-order valence-corrected chi connectivity index (χ4v) is 1.96. The molecule has 0 saturated heterocycles. The Labute approximate surface area is 108 Å². The van der Waals surface area contributed by atoms with E-state index in [1.807, 2.05) is 12.1 Å². The van der Waals surface area contributed by atoms with Crippen molar-refractivity contribution in [2.45, 2.75) is 13.3 Å². The smallest absolute Gasteiger partial charge is 0.119 e. The Balaban J connectivity index is 2.42. The molecule has 2 rings (SSSR count). The molecule has 0 radical (unpaired) electrons. The zero-order chi connectivity index (χ0) is 13.0. The van der Waals surface area contributed by atoms with E-state index in [1.54, 1.807) is 7.11 Å². The van der Waals surface area contributed by atoms with Gasteiger partial charge in [0, 0.05) is 6.61 Å². The number of hydrogen-bond donors (Lipinski definition) is 1. The van der Waals surface area contributed by atoms with Crippen LogP contribution in [0.2, 0.25) is 0 Å². The first kappa shape index (κ1) is 12.7. The Kier molecular flexibility index (Phi) is 4.00. The molecular weight excluding hydrogens is 224 g/mol. The maximum Gasteiger partial charge on any atom is 0.119 e. The maximum absolute atomic E-state index is 9.04. The van der Waals surface area contributed by atoms with Crippen LogP contribution in [0.15, 0.2) is 42.5 Å². The van der Waals surface area contributed by atoms with Crippen LogP contribution in [0.4, 0.5) is 0 Å². The summed E-state index contributed by atoms with van der Waals surface area (Å²) in [6.45, 7) is 2.23. The molecule has 0 aliphatic rings. The molecular formula is C16H18O2. The molecule has 2 heteroatoms. The number of aliphatic hydroxyl groups is 1. The van der Waals surface area contributed by atoms with Gasteiger partial charge in [-0.15, -0.1) is 0 Å². The summed E-state index contributed by atoms with van der Waals surface area (Å²) in [5, 5.41) is 9.04. The van der Waals surface area contributed by atoms with E-state index in [-0.39, 0.29) is 6.61 Å². The van der Waals surface area contributed by atoms with E-state index in [2.05, 4.69) is 37.3 Å². The highest BCUT2D eigenvalue weighted by atomic mass is 16.5. The highest BCUT2D eigenvalue weighted by Gasteiger charge is 2.03. The predicted octanol–water partition coefficient (Wildman–Crippen LogP) is 3.21. The quantitative estimate of drug-likeness (QED) is 0.892. The molecule has 0 spiro atoms. The molecule has 0 heterocycles. The average Bonchev–Trinajstić information content (AvgIpc) is 2.39. The van der Waals surface area contributed by atoms with Crippen LogP contribution >= 0.6 is 0 Å². The molecule has 0 atom stereocenters. The SMILES string of the molecule is COc1cc(CCO)cc(-c2ccc(C)cc2)c1. The fourth-order valence-electron chi connectivity index (χ4n) is 1.96. The van der Waals surface area contributed by atoms with Crippen LogP contribution in [0.3, 0.4) is 0 Å². The van der Waals surface area contributed by atoms with Gasteiger partial charge in [-0.2, -0.15) is 0 Å². The Hall–Kier alpha value is -1.80. The molecule has 0 amide bonds. The van der Waals surface area contributed by atoms with Gasteiger partial charge in [0.25, 0.3) is 0 Å². The number of benzene rings is 2. The first-order valence-corrected chi connectivity index (χ1v) is 6.09. The third-order valence-electron chi connectivity index (χ3n) is 2.99. The maximum atomic E-state index is 9.04. The second-order valence-corrected chi connectivity index (χ2v) is 4.41. The first-order chi connectivity index (χ1) is 8.72. The van der Waals surface area contributed by atoms with Gasteiger partial charge in [-0.1, -0.05) is 35.9 Å². The van der Waals surface area contributed by atoms with Crippen LogP contribution in [-0.2, 0) is 6.42 Å². The zero-order valence-electron chi connectivity index (χ0n) is 10.8. The number of aliphatic hydroxyl groups excluding tert-OH is 1. The number of methoxy groups -OCH3 is 1. The van der Waals surface area contributed by atoms with Crippen LogP contribution in [0.1, 0.15) is 11.1 Å². The van der Waals surface area contributed by atoms with Gasteiger partial charge in [0.05, 0.1) is 7.11 Å². The lowest BCUT2D eigenvalue weighted by atomic mass is 10.0. The second-order valence-electron chi connectivity index (χ2n) is 4.41. The summed E-state index contributed by atoms with van der Waals surface area (Å²) < 4.78 is 5.31. The molecule has 2 nitrogen and oxygen atoms in total. The summed E-state index contributed by atoms with van der Waals surface area (Å²) >= 11 is 0. The van der Waals surface area contributed by atoms with Crippen molar-refractivity contribution in [1.82, 2.24) is 0 Å². The van der Waals surface area contributed by atoms with E-state index < -0.39 is 0 Å². The van der Waals surface area contributed by atoms with E-state index in [4.69, 9.17) is 9.84 Å². The molecule has 0 aliphatic heterocycles. The van der Waals surface area contributed by atoms with Gasteiger partial charge >= 0.3 is 0 Å². The summed E-state index contributed by atoms with van der Waals surface area (Å²) in [6, 6.07) is 14.5. The monoisotopic (exact) mass is 242 g/mol. The lowest BCUT2D eigenvalue weighted by molar-refractivity contribution is 0.299. The van der Waals surface area contributed by atoms with E-state index in [9.17, 15) is 0 Å². The van der Waals surface area contributed by atoms with Crippen molar-refractivity contribution in [2.75, 3.05) is 13.7 Å². The van der Waals surface area contributed by atoms with Gasteiger partial charge in [-0.25, -0.2) is 0 Å². The van der Waals surface area contributed by atoms with E-state index in [0.29, 0.717) is 6.42 Å². The number of hydrogen-bond acceptors (Lipinski definition) is 2. The highest BCUT2D eigenvalue weighted by Crippen LogP contribution is 2.26. The molecule has 0 saturated carbocycles. The fraction of sp³-hybridized carbons (Fsp3) is 0.250. The molecule has 0 bridgehead atoms. The number of rotatable bonds is 4. The van der Waals surface area contributed by atoms with Crippen LogP contribution in [-0.4, -0.2) is 18.8 Å². The van der Waals surface area contributed by atoms with Crippen molar-refractivity contribution in [3.8, 4) is 16.9 Å². The van der Waals surface area contributed by atoms with Gasteiger partial charge in [0.1, 0.15) is 5.75 Å². The van der Waals surface area contributed by atoms with E-state index >= 15 is 0 Å². The molecule has 1 N–H and O–H groups in total. The van der Waals surface area contributed by atoms with Crippen molar-refractivity contribution in [3.63, 3.8) is 0 Å². The minimum Gasteiger partial charge on any atom is -0.497 e. The first-order valence-electron chi connectivity index (χ1n) is 6.09. The minimum absolute atomic E-state index is 0.153. The molecule has 2 aromatic rings. The van der Waals surface area contributed by atoms with Gasteiger partial charge in [-0.3, -0.25) is 0 Å². The third kappa shape index (κ3) is 2.90. The Morgan fingerprint density at radius 3 is 2.33 bits per heavy atom. The molecule has 0 aliphatic carbocycles. The van der Waals surface area contributed by atoms with Crippen LogP contribution < -0.4 is 4.74 Å². The Morgan fingerprint density at radius 2 is 1.72 bits per heavy atom. The summed E-state index contributed by atoms with van der Waals surface area (Å²) in [4.78, 5) is 0. The van der Waals surface area contributed by atoms with Crippen molar-refractivity contribution >= 4 is 0 Å². The second kappa shape index (κ2) is 5.69. The normalized spacial score (nSPS) is 10.4. The van der Waals surface area contributed by atoms with Gasteiger partial charge in [-0.05, 0) is 42.2 Å². The molecule has 0 fully saturated rings. The van der Waals surface area contributed by atoms with Crippen molar-refractivity contribution in [2.24, 2.45) is 0 Å². The summed E-state index contributed by atoms with van der Waals surface area (Å²) in [7, 11) is 1.66. The number of aryl methyl sites for hydroxylation is 1. The van der Waals surface area contributed by atoms with Crippen molar-refractivity contribution in [3.05, 3.63) is 53.6 Å². The summed E-state index contributed by atoms with van der Waals surface area (Å²) in [5.74, 6) is 0.830. The molecule has 94 valence electrons. The van der Waals surface area contributed by atoms with Gasteiger partial charge < -0.3 is 9.84 Å². The average molecular weight is 242 g/mol. The highest BCUT2D eigenvalue weighted by molar-refractivity contribution is 5.66. The minimum atomic E-state index is 0.153. The van der Waals surface area contributed by atoms with Crippen LogP contribution in [0, 0.1) is 6.92 Å². The van der Waals surface area contributed by atoms with Gasteiger partial charge in [0.15, 0.2) is 0 Å². The van der Waals surface area contributed by atoms with E-state index in [0.717, 1.165) is 16.9 Å². The lowest BCUT2D eigenvalue weighted by Gasteiger charge is -2.09. The largest absolute Gasteiger partial charge is 0.497 e. The van der Waals surface area contributed by atoms with Crippen LogP contribution in [0.25, 0.3) is 11.1 Å². The molecule has 0 unspecified atom stereocenters.